The molecule has 0 aromatic heterocycles. The Labute approximate surface area is 203 Å². The molecule has 9 heteroatoms. The molecule has 0 aliphatic heterocycles. The number of benzene rings is 2. The Bertz CT molecular complexity index is 925. The number of ether oxygens (including phenoxy) is 3. The third kappa shape index (κ3) is 15.1. The van der Waals surface area contributed by atoms with Gasteiger partial charge in [0.1, 0.15) is 11.6 Å². The molecule has 2 aromatic carbocycles. The van der Waals surface area contributed by atoms with Crippen LogP contribution >= 0.6 is 0 Å². The Morgan fingerprint density at radius 2 is 1.26 bits per heavy atom. The minimum atomic E-state index is -3.67. The van der Waals surface area contributed by atoms with E-state index in [0.29, 0.717) is 25.0 Å². The molecule has 0 amide bonds. The van der Waals surface area contributed by atoms with E-state index in [4.69, 9.17) is 29.9 Å². The molecular formula is C25H38N2O6S. The van der Waals surface area contributed by atoms with Crippen LogP contribution in [0.4, 0.5) is 0 Å². The van der Waals surface area contributed by atoms with Gasteiger partial charge in [-0.05, 0) is 62.1 Å². The number of hydrogen-bond acceptors (Lipinski definition) is 6. The number of amidine groups is 1. The summed E-state index contributed by atoms with van der Waals surface area (Å²) < 4.78 is 43.4. The summed E-state index contributed by atoms with van der Waals surface area (Å²) in [6, 6.07) is 15.2. The molecule has 0 bridgehead atoms. The fourth-order valence-electron chi connectivity index (χ4n) is 2.88. The van der Waals surface area contributed by atoms with Gasteiger partial charge in [-0.1, -0.05) is 38.3 Å². The van der Waals surface area contributed by atoms with E-state index in [-0.39, 0.29) is 5.84 Å². The lowest BCUT2D eigenvalue weighted by molar-refractivity contribution is 0.253. The van der Waals surface area contributed by atoms with Gasteiger partial charge in [-0.2, -0.15) is 8.42 Å². The molecule has 0 spiro atoms. The summed E-state index contributed by atoms with van der Waals surface area (Å²) >= 11 is 0. The lowest BCUT2D eigenvalue weighted by atomic mass is 10.2. The molecule has 0 aliphatic carbocycles. The van der Waals surface area contributed by atoms with Crippen molar-refractivity contribution in [3.8, 4) is 17.2 Å². The maximum atomic E-state index is 9.19. The van der Waals surface area contributed by atoms with Gasteiger partial charge >= 0.3 is 0 Å². The summed E-state index contributed by atoms with van der Waals surface area (Å²) in [6.07, 6.45) is 8.47. The van der Waals surface area contributed by atoms with Gasteiger partial charge in [-0.25, -0.2) is 0 Å². The largest absolute Gasteiger partial charge is 0.494 e. The zero-order valence-electron chi connectivity index (χ0n) is 20.2. The van der Waals surface area contributed by atoms with E-state index in [1.54, 1.807) is 12.1 Å². The highest BCUT2D eigenvalue weighted by Crippen LogP contribution is 2.27. The minimum absolute atomic E-state index is 0.0695. The highest BCUT2D eigenvalue weighted by atomic mass is 32.2. The fourth-order valence-corrected chi connectivity index (χ4v) is 2.88. The maximum Gasteiger partial charge on any atom is 0.261 e. The van der Waals surface area contributed by atoms with Crippen molar-refractivity contribution in [2.45, 2.75) is 51.9 Å². The Kier molecular flexibility index (Phi) is 14.4. The second-order valence-corrected chi connectivity index (χ2v) is 9.25. The highest BCUT2D eigenvalue weighted by molar-refractivity contribution is 7.85. The number of nitrogens with two attached hydrogens (primary N) is 1. The molecule has 2 aromatic rings. The van der Waals surface area contributed by atoms with Crippen molar-refractivity contribution in [1.29, 1.82) is 5.41 Å². The molecule has 4 N–H and O–H groups in total. The first-order valence-electron chi connectivity index (χ1n) is 11.5. The first kappa shape index (κ1) is 29.3. The van der Waals surface area contributed by atoms with E-state index in [1.807, 2.05) is 36.4 Å². The molecule has 2 rings (SSSR count). The number of unbranched alkanes of at least 4 members (excludes halogenated alkanes) is 5. The topological polar surface area (TPSA) is 132 Å². The normalized spacial score (nSPS) is 10.7. The van der Waals surface area contributed by atoms with Crippen LogP contribution in [0, 0.1) is 5.41 Å². The van der Waals surface area contributed by atoms with Crippen LogP contribution in [0.3, 0.4) is 0 Å². The van der Waals surface area contributed by atoms with Crippen molar-refractivity contribution in [1.82, 2.24) is 0 Å². The predicted octanol–water partition coefficient (Wildman–Crippen LogP) is 5.06. The molecule has 0 heterocycles. The van der Waals surface area contributed by atoms with Crippen molar-refractivity contribution < 1.29 is 27.2 Å². The third-order valence-corrected chi connectivity index (χ3v) is 4.58. The second-order valence-electron chi connectivity index (χ2n) is 7.78. The van der Waals surface area contributed by atoms with E-state index in [0.717, 1.165) is 49.5 Å². The molecule has 0 saturated heterocycles. The number of rotatable bonds is 15. The summed E-state index contributed by atoms with van der Waals surface area (Å²) in [5, 5.41) is 7.39. The van der Waals surface area contributed by atoms with Crippen molar-refractivity contribution in [2.75, 3.05) is 26.1 Å². The van der Waals surface area contributed by atoms with E-state index in [1.165, 1.54) is 19.3 Å². The van der Waals surface area contributed by atoms with Gasteiger partial charge in [0, 0.05) is 5.56 Å². The fraction of sp³-hybridized carbons (Fsp3) is 0.480. The lowest BCUT2D eigenvalue weighted by Gasteiger charge is -2.12. The molecule has 0 fully saturated rings. The zero-order chi connectivity index (χ0) is 25.2. The van der Waals surface area contributed by atoms with Gasteiger partial charge in [0.15, 0.2) is 11.5 Å². The second kappa shape index (κ2) is 16.8. The van der Waals surface area contributed by atoms with Crippen LogP contribution in [0.25, 0.3) is 0 Å². The highest BCUT2D eigenvalue weighted by Gasteiger charge is 2.04. The lowest BCUT2D eigenvalue weighted by Crippen LogP contribution is -2.10. The number of para-hydroxylation sites is 2. The van der Waals surface area contributed by atoms with Gasteiger partial charge in [0.25, 0.3) is 10.1 Å². The molecule has 190 valence electrons. The van der Waals surface area contributed by atoms with Gasteiger partial charge in [-0.3, -0.25) is 9.96 Å². The smallest absolute Gasteiger partial charge is 0.261 e. The summed E-state index contributed by atoms with van der Waals surface area (Å²) in [6.45, 7) is 4.29. The molecule has 34 heavy (non-hydrogen) atoms. The molecular weight excluding hydrogens is 456 g/mol. The Balaban J connectivity index is 0.00000104. The number of hydrogen-bond donors (Lipinski definition) is 3. The monoisotopic (exact) mass is 494 g/mol. The van der Waals surface area contributed by atoms with Gasteiger partial charge in [0.05, 0.1) is 26.1 Å². The van der Waals surface area contributed by atoms with E-state index >= 15 is 0 Å². The van der Waals surface area contributed by atoms with Crippen LogP contribution in [0.1, 0.15) is 57.4 Å². The van der Waals surface area contributed by atoms with Crippen molar-refractivity contribution in [2.24, 2.45) is 5.73 Å². The molecule has 0 radical (unpaired) electrons. The Morgan fingerprint density at radius 3 is 1.71 bits per heavy atom. The van der Waals surface area contributed by atoms with E-state index < -0.39 is 10.1 Å². The van der Waals surface area contributed by atoms with Gasteiger partial charge < -0.3 is 19.9 Å². The zero-order valence-corrected chi connectivity index (χ0v) is 21.0. The standard InChI is InChI=1S/C24H34N2O3.CH4O3S/c1-2-3-4-8-18-28-22-11-6-7-12-23(22)29-19-10-5-9-17-27-21-15-13-20(14-16-21)24(25)26;1-5(2,3)4/h6-7,11-16H,2-5,8-10,17-19H2,1H3,(H3,25,26);1H3,(H,2,3,4). The number of nitrogen functional groups attached to an aromatic ring is 1. The summed E-state index contributed by atoms with van der Waals surface area (Å²) in [5.74, 6) is 2.53. The number of nitrogens with one attached hydrogen (secondary N) is 1. The van der Waals surface area contributed by atoms with Crippen LogP contribution in [0.5, 0.6) is 17.2 Å². The average Bonchev–Trinajstić information content (AvgIpc) is 2.78. The van der Waals surface area contributed by atoms with Crippen molar-refractivity contribution in [3.63, 3.8) is 0 Å². The Morgan fingerprint density at radius 1 is 0.824 bits per heavy atom. The average molecular weight is 495 g/mol. The SMILES string of the molecule is CCCCCCOc1ccccc1OCCCCCOc1ccc(C(=N)N)cc1.CS(=O)(=O)O. The van der Waals surface area contributed by atoms with Crippen molar-refractivity contribution in [3.05, 3.63) is 54.1 Å². The van der Waals surface area contributed by atoms with E-state index in [2.05, 4.69) is 6.92 Å². The summed E-state index contributed by atoms with van der Waals surface area (Å²) in [7, 11) is -3.67. The van der Waals surface area contributed by atoms with Crippen LogP contribution in [-0.2, 0) is 10.1 Å². The third-order valence-electron chi connectivity index (χ3n) is 4.58. The van der Waals surface area contributed by atoms with Crippen LogP contribution < -0.4 is 19.9 Å². The minimum Gasteiger partial charge on any atom is -0.494 e. The molecule has 0 saturated carbocycles. The first-order chi connectivity index (χ1) is 16.2. The molecule has 0 unspecified atom stereocenters. The maximum absolute atomic E-state index is 9.19. The first-order valence-corrected chi connectivity index (χ1v) is 13.4. The summed E-state index contributed by atoms with van der Waals surface area (Å²) in [5.41, 5.74) is 6.16. The van der Waals surface area contributed by atoms with E-state index in [9.17, 15) is 8.42 Å². The van der Waals surface area contributed by atoms with Crippen LogP contribution in [0.15, 0.2) is 48.5 Å². The van der Waals surface area contributed by atoms with Crippen LogP contribution in [0.2, 0.25) is 0 Å². The van der Waals surface area contributed by atoms with Crippen molar-refractivity contribution >= 4 is 16.0 Å². The molecule has 0 aliphatic rings. The van der Waals surface area contributed by atoms with Gasteiger partial charge in [-0.15, -0.1) is 0 Å². The molecule has 0 atom stereocenters. The quantitative estimate of drug-likeness (QED) is 0.136. The predicted molar refractivity (Wildman–Crippen MR) is 136 cm³/mol. The Hall–Kier alpha value is -2.78. The van der Waals surface area contributed by atoms with Crippen LogP contribution in [-0.4, -0.2) is 44.9 Å². The van der Waals surface area contributed by atoms with Gasteiger partial charge in [0.2, 0.25) is 0 Å². The molecule has 8 nitrogen and oxygen atoms in total. The summed E-state index contributed by atoms with van der Waals surface area (Å²) in [4.78, 5) is 0.